The summed E-state index contributed by atoms with van der Waals surface area (Å²) in [6.45, 7) is -2.08. The number of hydrogen-bond donors (Lipinski definition) is 1. The highest BCUT2D eigenvalue weighted by molar-refractivity contribution is 6.05. The predicted molar refractivity (Wildman–Crippen MR) is 79.3 cm³/mol. The van der Waals surface area contributed by atoms with Crippen LogP contribution in [0.15, 0.2) is 41.0 Å². The molecule has 0 bridgehead atoms. The first-order valence-corrected chi connectivity index (χ1v) is 6.97. The second-order valence-electron chi connectivity index (χ2n) is 4.75. The van der Waals surface area contributed by atoms with E-state index in [9.17, 15) is 23.2 Å². The van der Waals surface area contributed by atoms with E-state index in [2.05, 4.69) is 4.74 Å². The van der Waals surface area contributed by atoms with Crippen LogP contribution in [0.1, 0.15) is 26.5 Å². The summed E-state index contributed by atoms with van der Waals surface area (Å²) in [5, 5.41) is 2.00. The molecule has 2 aromatic rings. The minimum absolute atomic E-state index is 0.0481. The molecule has 1 aromatic heterocycles. The Morgan fingerprint density at radius 3 is 2.40 bits per heavy atom. The van der Waals surface area contributed by atoms with Gasteiger partial charge in [-0.1, -0.05) is 0 Å². The van der Waals surface area contributed by atoms with Gasteiger partial charge >= 0.3 is 12.6 Å². The highest BCUT2D eigenvalue weighted by Gasteiger charge is 2.16. The number of benzene rings is 1. The largest absolute Gasteiger partial charge is 0.469 e. The van der Waals surface area contributed by atoms with Gasteiger partial charge in [0.2, 0.25) is 0 Å². The number of furan rings is 1. The Balaban J connectivity index is 1.84. The van der Waals surface area contributed by atoms with Gasteiger partial charge in [0, 0.05) is 5.56 Å². The molecule has 1 N–H and O–H groups in total. The van der Waals surface area contributed by atoms with Crippen LogP contribution in [-0.4, -0.2) is 31.0 Å². The summed E-state index contributed by atoms with van der Waals surface area (Å²) in [5.41, 5.74) is 0.223. The molecule has 0 spiro atoms. The van der Waals surface area contributed by atoms with E-state index in [1.165, 1.54) is 24.5 Å². The average Bonchev–Trinajstić information content (AvgIpc) is 2.99. The number of esters is 1. The summed E-state index contributed by atoms with van der Waals surface area (Å²) in [5.74, 6) is -2.16. The second-order valence-corrected chi connectivity index (χ2v) is 4.75. The lowest BCUT2D eigenvalue weighted by Crippen LogP contribution is -2.34. The molecule has 0 aliphatic rings. The van der Waals surface area contributed by atoms with E-state index in [4.69, 9.17) is 9.15 Å². The van der Waals surface area contributed by atoms with E-state index in [0.717, 1.165) is 12.1 Å². The standard InChI is InChI=1S/C16H13F2NO6/c1-9-12(6-7-23-9)15(22)24-8-13(20)19-14(21)10-2-4-11(5-3-10)25-16(17)18/h2-7,16H,8H2,1H3,(H,19,20,21). The molecule has 0 atom stereocenters. The summed E-state index contributed by atoms with van der Waals surface area (Å²) in [7, 11) is 0. The summed E-state index contributed by atoms with van der Waals surface area (Å²) < 4.78 is 37.9. The smallest absolute Gasteiger partial charge is 0.387 e. The summed E-state index contributed by atoms with van der Waals surface area (Å²) >= 11 is 0. The maximum atomic E-state index is 12.0. The molecule has 2 rings (SSSR count). The van der Waals surface area contributed by atoms with Gasteiger partial charge in [-0.05, 0) is 37.3 Å². The normalized spacial score (nSPS) is 10.4. The molecule has 0 unspecified atom stereocenters. The third kappa shape index (κ3) is 5.13. The Bertz CT molecular complexity index is 769. The molecule has 1 heterocycles. The van der Waals surface area contributed by atoms with E-state index in [1.54, 1.807) is 6.92 Å². The molecule has 25 heavy (non-hydrogen) atoms. The second kappa shape index (κ2) is 8.04. The molecule has 0 saturated heterocycles. The van der Waals surface area contributed by atoms with Crippen molar-refractivity contribution in [1.82, 2.24) is 5.32 Å². The number of aryl methyl sites for hydroxylation is 1. The van der Waals surface area contributed by atoms with E-state index >= 15 is 0 Å². The zero-order valence-corrected chi connectivity index (χ0v) is 13.0. The number of ether oxygens (including phenoxy) is 2. The van der Waals surface area contributed by atoms with Crippen molar-refractivity contribution in [1.29, 1.82) is 0 Å². The lowest BCUT2D eigenvalue weighted by molar-refractivity contribution is -0.123. The molecule has 0 saturated carbocycles. The molecule has 2 amide bonds. The molecule has 1 aromatic carbocycles. The zero-order chi connectivity index (χ0) is 18.4. The maximum Gasteiger partial charge on any atom is 0.387 e. The first-order chi connectivity index (χ1) is 11.9. The number of hydrogen-bond acceptors (Lipinski definition) is 6. The zero-order valence-electron chi connectivity index (χ0n) is 13.0. The topological polar surface area (TPSA) is 94.8 Å². The quantitative estimate of drug-likeness (QED) is 0.801. The number of alkyl halides is 2. The van der Waals surface area contributed by atoms with Gasteiger partial charge < -0.3 is 13.9 Å². The lowest BCUT2D eigenvalue weighted by atomic mass is 10.2. The fourth-order valence-electron chi connectivity index (χ4n) is 1.83. The van der Waals surface area contributed by atoms with Gasteiger partial charge in [-0.3, -0.25) is 14.9 Å². The van der Waals surface area contributed by atoms with Crippen LogP contribution >= 0.6 is 0 Å². The summed E-state index contributed by atoms with van der Waals surface area (Å²) in [6.07, 6.45) is 1.30. The molecule has 132 valence electrons. The highest BCUT2D eigenvalue weighted by atomic mass is 19.3. The molecule has 0 fully saturated rings. The minimum Gasteiger partial charge on any atom is -0.469 e. The molecule has 0 radical (unpaired) electrons. The molecule has 7 nitrogen and oxygen atoms in total. The average molecular weight is 353 g/mol. The van der Waals surface area contributed by atoms with Crippen molar-refractivity contribution in [3.05, 3.63) is 53.5 Å². The summed E-state index contributed by atoms with van der Waals surface area (Å²) in [6, 6.07) is 6.13. The Kier molecular flexibility index (Phi) is 5.83. The maximum absolute atomic E-state index is 12.0. The number of amides is 2. The van der Waals surface area contributed by atoms with Gasteiger partial charge in [0.05, 0.1) is 6.26 Å². The number of carbonyl (C=O) groups excluding carboxylic acids is 3. The first kappa shape index (κ1) is 18.1. The van der Waals surface area contributed by atoms with E-state index in [-0.39, 0.29) is 16.9 Å². The number of nitrogens with one attached hydrogen (secondary N) is 1. The number of halogens is 2. The fourth-order valence-corrected chi connectivity index (χ4v) is 1.83. The van der Waals surface area contributed by atoms with Gasteiger partial charge in [0.25, 0.3) is 11.8 Å². The van der Waals surface area contributed by atoms with Gasteiger partial charge in [-0.15, -0.1) is 0 Å². The van der Waals surface area contributed by atoms with Crippen molar-refractivity contribution in [2.45, 2.75) is 13.5 Å². The van der Waals surface area contributed by atoms with Crippen LogP contribution in [0.2, 0.25) is 0 Å². The SMILES string of the molecule is Cc1occc1C(=O)OCC(=O)NC(=O)c1ccc(OC(F)F)cc1. The monoisotopic (exact) mass is 353 g/mol. The molecule has 0 aliphatic heterocycles. The van der Waals surface area contributed by atoms with Crippen molar-refractivity contribution < 1.29 is 37.1 Å². The van der Waals surface area contributed by atoms with Crippen molar-refractivity contribution in [3.63, 3.8) is 0 Å². The van der Waals surface area contributed by atoms with Crippen molar-refractivity contribution in [2.75, 3.05) is 6.61 Å². The Hall–Kier alpha value is -3.23. The van der Waals surface area contributed by atoms with Gasteiger partial charge in [-0.2, -0.15) is 8.78 Å². The summed E-state index contributed by atoms with van der Waals surface area (Å²) in [4.78, 5) is 35.2. The minimum atomic E-state index is -2.98. The lowest BCUT2D eigenvalue weighted by Gasteiger charge is -2.07. The van der Waals surface area contributed by atoms with Crippen LogP contribution in [0, 0.1) is 6.92 Å². The van der Waals surface area contributed by atoms with Crippen molar-refractivity contribution in [2.24, 2.45) is 0 Å². The van der Waals surface area contributed by atoms with Gasteiger partial charge in [0.15, 0.2) is 6.61 Å². The Labute approximate surface area is 140 Å². The van der Waals surface area contributed by atoms with Crippen LogP contribution in [-0.2, 0) is 9.53 Å². The Morgan fingerprint density at radius 1 is 1.16 bits per heavy atom. The molecule has 0 aliphatic carbocycles. The highest BCUT2D eigenvalue weighted by Crippen LogP contribution is 2.15. The molecular weight excluding hydrogens is 340 g/mol. The van der Waals surface area contributed by atoms with E-state index in [1.807, 2.05) is 5.32 Å². The number of carbonyl (C=O) groups is 3. The van der Waals surface area contributed by atoms with Crippen LogP contribution in [0.4, 0.5) is 8.78 Å². The fraction of sp³-hybridized carbons (Fsp3) is 0.188. The first-order valence-electron chi connectivity index (χ1n) is 6.97. The van der Waals surface area contributed by atoms with Crippen molar-refractivity contribution in [3.8, 4) is 5.75 Å². The van der Waals surface area contributed by atoms with Crippen LogP contribution in [0.25, 0.3) is 0 Å². The number of rotatable bonds is 6. The third-order valence-electron chi connectivity index (χ3n) is 3.01. The van der Waals surface area contributed by atoms with Crippen LogP contribution in [0.3, 0.4) is 0 Å². The van der Waals surface area contributed by atoms with Crippen LogP contribution in [0.5, 0.6) is 5.75 Å². The van der Waals surface area contributed by atoms with Gasteiger partial charge in [-0.25, -0.2) is 4.79 Å². The number of imide groups is 1. The van der Waals surface area contributed by atoms with Crippen LogP contribution < -0.4 is 10.1 Å². The third-order valence-corrected chi connectivity index (χ3v) is 3.01. The molecular formula is C16H13F2NO6. The Morgan fingerprint density at radius 2 is 1.84 bits per heavy atom. The van der Waals surface area contributed by atoms with E-state index < -0.39 is 31.0 Å². The van der Waals surface area contributed by atoms with E-state index in [0.29, 0.717) is 5.76 Å². The van der Waals surface area contributed by atoms with Gasteiger partial charge in [0.1, 0.15) is 17.1 Å². The molecule has 9 heteroatoms. The predicted octanol–water partition coefficient (Wildman–Crippen LogP) is 2.30. The van der Waals surface area contributed by atoms with Crippen molar-refractivity contribution >= 4 is 17.8 Å².